The second kappa shape index (κ2) is 5.12. The van der Waals surface area contributed by atoms with E-state index < -0.39 is 11.2 Å². The highest BCUT2D eigenvalue weighted by Crippen LogP contribution is 2.37. The molecule has 0 saturated carbocycles. The van der Waals surface area contributed by atoms with E-state index in [0.29, 0.717) is 35.8 Å². The van der Waals surface area contributed by atoms with Crippen LogP contribution in [0.25, 0.3) is 0 Å². The number of nitrogens with one attached hydrogen (secondary N) is 1. The van der Waals surface area contributed by atoms with Crippen molar-refractivity contribution in [3.8, 4) is 5.75 Å². The number of hydrogen-bond donors (Lipinski definition) is 1. The number of rotatable bonds is 1. The smallest absolute Gasteiger partial charge is 0.309 e. The average molecular weight is 313 g/mol. The first-order chi connectivity index (χ1) is 11.2. The molecule has 3 heterocycles. The predicted octanol–water partition coefficient (Wildman–Crippen LogP) is 1.66. The molecule has 1 aromatic carbocycles. The van der Waals surface area contributed by atoms with Gasteiger partial charge in [-0.2, -0.15) is 0 Å². The summed E-state index contributed by atoms with van der Waals surface area (Å²) in [6, 6.07) is 7.00. The van der Waals surface area contributed by atoms with Gasteiger partial charge in [-0.15, -0.1) is 0 Å². The summed E-state index contributed by atoms with van der Waals surface area (Å²) in [6.07, 6.45) is 2.54. The molecule has 1 unspecified atom stereocenters. The molecule has 0 radical (unpaired) electrons. The zero-order chi connectivity index (χ0) is 16.0. The molecule has 1 aromatic rings. The van der Waals surface area contributed by atoms with Crippen LogP contribution in [0.1, 0.15) is 23.2 Å². The van der Waals surface area contributed by atoms with Gasteiger partial charge in [-0.25, -0.2) is 0 Å². The molecule has 7 nitrogen and oxygen atoms in total. The maximum atomic E-state index is 12.7. The Kier molecular flexibility index (Phi) is 3.07. The maximum Gasteiger partial charge on any atom is 0.309 e. The maximum absolute atomic E-state index is 12.7. The molecular weight excluding hydrogens is 298 g/mol. The molecule has 1 fully saturated rings. The Morgan fingerprint density at radius 1 is 1.30 bits per heavy atom. The molecule has 7 heteroatoms. The summed E-state index contributed by atoms with van der Waals surface area (Å²) in [6.45, 7) is 1.28. The Balaban J connectivity index is 1.87. The van der Waals surface area contributed by atoms with Gasteiger partial charge in [0.25, 0.3) is 0 Å². The van der Waals surface area contributed by atoms with E-state index in [4.69, 9.17) is 4.74 Å². The van der Waals surface area contributed by atoms with Crippen LogP contribution in [0.2, 0.25) is 0 Å². The standard InChI is InChI=1S/C16H15N3O4/c20-14-10-5-1-2-6-13(10)23-16-11(14)9-12(19(21)22)15-17-7-3-4-8-18(15)16/h1-2,5-6,9,16-17H,3-4,7-8H2. The van der Waals surface area contributed by atoms with Gasteiger partial charge >= 0.3 is 5.70 Å². The number of nitrogens with zero attached hydrogens (tertiary/aromatic N) is 2. The van der Waals surface area contributed by atoms with Gasteiger partial charge in [0.15, 0.2) is 11.6 Å². The Morgan fingerprint density at radius 3 is 2.96 bits per heavy atom. The first kappa shape index (κ1) is 13.8. The molecule has 3 aliphatic rings. The van der Waals surface area contributed by atoms with Crippen molar-refractivity contribution in [1.29, 1.82) is 0 Å². The Bertz CT molecular complexity index is 768. The number of fused-ring (bicyclic) bond motifs is 4. The van der Waals surface area contributed by atoms with Crippen LogP contribution in [-0.4, -0.2) is 34.9 Å². The molecule has 1 N–H and O–H groups in total. The van der Waals surface area contributed by atoms with E-state index in [-0.39, 0.29) is 11.5 Å². The third kappa shape index (κ3) is 2.08. The van der Waals surface area contributed by atoms with Crippen molar-refractivity contribution in [1.82, 2.24) is 10.2 Å². The van der Waals surface area contributed by atoms with Crippen LogP contribution in [-0.2, 0) is 0 Å². The summed E-state index contributed by atoms with van der Waals surface area (Å²) in [5, 5.41) is 14.5. The first-order valence-corrected chi connectivity index (χ1v) is 7.58. The second-order valence-electron chi connectivity index (χ2n) is 5.71. The third-order valence-corrected chi connectivity index (χ3v) is 4.32. The van der Waals surface area contributed by atoms with Crippen molar-refractivity contribution >= 4 is 5.78 Å². The Labute approximate surface area is 132 Å². The lowest BCUT2D eigenvalue weighted by Crippen LogP contribution is -2.50. The normalized spacial score (nSPS) is 22.8. The molecule has 1 saturated heterocycles. The number of benzene rings is 1. The molecule has 0 aromatic heterocycles. The molecule has 23 heavy (non-hydrogen) atoms. The minimum absolute atomic E-state index is 0.0746. The number of Topliss-reactive ketones (excluding diaryl/α,β-unsaturated/α-hetero) is 1. The van der Waals surface area contributed by atoms with E-state index in [1.165, 1.54) is 6.08 Å². The van der Waals surface area contributed by atoms with Crippen molar-refractivity contribution in [2.75, 3.05) is 13.1 Å². The van der Waals surface area contributed by atoms with Gasteiger partial charge in [-0.1, -0.05) is 12.1 Å². The molecular formula is C16H15N3O4. The number of ketones is 1. The van der Waals surface area contributed by atoms with Crippen LogP contribution in [0.4, 0.5) is 0 Å². The van der Waals surface area contributed by atoms with E-state index in [9.17, 15) is 14.9 Å². The van der Waals surface area contributed by atoms with Gasteiger partial charge in [-0.3, -0.25) is 14.9 Å². The summed E-state index contributed by atoms with van der Waals surface area (Å²) in [5.74, 6) is 0.751. The summed E-state index contributed by atoms with van der Waals surface area (Å²) in [4.78, 5) is 25.5. The largest absolute Gasteiger partial charge is 0.465 e. The number of hydrogen-bond acceptors (Lipinski definition) is 6. The lowest BCUT2D eigenvalue weighted by atomic mass is 9.94. The van der Waals surface area contributed by atoms with Crippen LogP contribution >= 0.6 is 0 Å². The van der Waals surface area contributed by atoms with Crippen LogP contribution in [0, 0.1) is 10.1 Å². The molecule has 0 amide bonds. The predicted molar refractivity (Wildman–Crippen MR) is 81.2 cm³/mol. The highest BCUT2D eigenvalue weighted by atomic mass is 16.6. The number of carbonyl (C=O) groups excluding carboxylic acids is 1. The van der Waals surface area contributed by atoms with E-state index in [0.717, 1.165) is 12.8 Å². The van der Waals surface area contributed by atoms with Gasteiger partial charge in [0.05, 0.1) is 16.1 Å². The number of nitro groups is 1. The SMILES string of the molecule is O=C1C2=CC([N+](=O)[O-])=C3NCCCCN3C2Oc2ccccc21. The molecule has 0 spiro atoms. The Hall–Kier alpha value is -2.83. The minimum atomic E-state index is -0.610. The monoisotopic (exact) mass is 313 g/mol. The molecule has 118 valence electrons. The lowest BCUT2D eigenvalue weighted by Gasteiger charge is -2.39. The summed E-state index contributed by atoms with van der Waals surface area (Å²) < 4.78 is 6.00. The molecule has 3 aliphatic heterocycles. The van der Waals surface area contributed by atoms with Gasteiger partial charge in [-0.05, 0) is 25.0 Å². The van der Waals surface area contributed by atoms with Crippen LogP contribution < -0.4 is 10.1 Å². The number of carbonyl (C=O) groups is 1. The zero-order valence-corrected chi connectivity index (χ0v) is 12.3. The summed E-state index contributed by atoms with van der Waals surface area (Å²) >= 11 is 0. The van der Waals surface area contributed by atoms with Gasteiger partial charge in [0.1, 0.15) is 5.75 Å². The average Bonchev–Trinajstić information content (AvgIpc) is 2.80. The number of ether oxygens (including phenoxy) is 1. The van der Waals surface area contributed by atoms with Gasteiger partial charge < -0.3 is 15.0 Å². The van der Waals surface area contributed by atoms with Crippen LogP contribution in [0.15, 0.2) is 47.4 Å². The molecule has 1 atom stereocenters. The first-order valence-electron chi connectivity index (χ1n) is 7.58. The fourth-order valence-electron chi connectivity index (χ4n) is 3.23. The van der Waals surface area contributed by atoms with E-state index in [1.54, 1.807) is 23.1 Å². The molecule has 4 rings (SSSR count). The van der Waals surface area contributed by atoms with Crippen LogP contribution in [0.5, 0.6) is 5.75 Å². The molecule has 0 bridgehead atoms. The van der Waals surface area contributed by atoms with E-state index >= 15 is 0 Å². The van der Waals surface area contributed by atoms with E-state index in [2.05, 4.69) is 5.32 Å². The number of para-hydroxylation sites is 1. The highest BCUT2D eigenvalue weighted by Gasteiger charge is 2.43. The fraction of sp³-hybridized carbons (Fsp3) is 0.312. The minimum Gasteiger partial charge on any atom is -0.465 e. The molecule has 0 aliphatic carbocycles. The highest BCUT2D eigenvalue weighted by molar-refractivity contribution is 6.12. The van der Waals surface area contributed by atoms with E-state index in [1.807, 2.05) is 6.07 Å². The van der Waals surface area contributed by atoms with Crippen molar-refractivity contribution in [3.05, 3.63) is 63.1 Å². The number of allylic oxidation sites excluding steroid dienone is 1. The van der Waals surface area contributed by atoms with Crippen molar-refractivity contribution in [2.24, 2.45) is 0 Å². The zero-order valence-electron chi connectivity index (χ0n) is 12.3. The lowest BCUT2D eigenvalue weighted by molar-refractivity contribution is -0.422. The second-order valence-corrected chi connectivity index (χ2v) is 5.71. The third-order valence-electron chi connectivity index (χ3n) is 4.32. The van der Waals surface area contributed by atoms with Gasteiger partial charge in [0, 0.05) is 19.2 Å². The van der Waals surface area contributed by atoms with Gasteiger partial charge in [0.2, 0.25) is 6.23 Å². The van der Waals surface area contributed by atoms with Crippen molar-refractivity contribution < 1.29 is 14.5 Å². The van der Waals surface area contributed by atoms with Crippen molar-refractivity contribution in [3.63, 3.8) is 0 Å². The summed E-state index contributed by atoms with van der Waals surface area (Å²) in [5.41, 5.74) is 0.696. The summed E-state index contributed by atoms with van der Waals surface area (Å²) in [7, 11) is 0. The van der Waals surface area contributed by atoms with Crippen LogP contribution in [0.3, 0.4) is 0 Å². The fourth-order valence-corrected chi connectivity index (χ4v) is 3.23. The Morgan fingerprint density at radius 2 is 2.13 bits per heavy atom. The van der Waals surface area contributed by atoms with Crippen molar-refractivity contribution in [2.45, 2.75) is 19.1 Å². The quantitative estimate of drug-likeness (QED) is 0.627. The topological polar surface area (TPSA) is 84.7 Å².